The highest BCUT2D eigenvalue weighted by atomic mass is 32.2. The first kappa shape index (κ1) is 18.8. The third kappa shape index (κ3) is 5.49. The number of hydrazone groups is 1. The van der Waals surface area contributed by atoms with Crippen molar-refractivity contribution in [1.82, 2.24) is 4.83 Å². The first-order chi connectivity index (χ1) is 11.9. The fourth-order valence-electron chi connectivity index (χ4n) is 2.15. The smallest absolute Gasteiger partial charge is 0.276 e. The van der Waals surface area contributed by atoms with Crippen molar-refractivity contribution in [2.45, 2.75) is 25.2 Å². The second-order valence-electron chi connectivity index (χ2n) is 5.37. The van der Waals surface area contributed by atoms with Crippen LogP contribution in [0.4, 0.5) is 0 Å². The van der Waals surface area contributed by atoms with Crippen LogP contribution in [0.5, 0.6) is 11.5 Å². The Labute approximate surface area is 148 Å². The molecule has 0 aliphatic carbocycles. The Kier molecular flexibility index (Phi) is 6.41. The Balaban J connectivity index is 2.02. The van der Waals surface area contributed by atoms with Gasteiger partial charge in [-0.1, -0.05) is 12.1 Å². The molecule has 0 bridgehead atoms. The van der Waals surface area contributed by atoms with Gasteiger partial charge in [0.2, 0.25) is 0 Å². The summed E-state index contributed by atoms with van der Waals surface area (Å²) in [5, 5.41) is 3.99. The van der Waals surface area contributed by atoms with Crippen LogP contribution < -0.4 is 14.3 Å². The number of nitrogens with one attached hydrogen (secondary N) is 1. The third-order valence-corrected chi connectivity index (χ3v) is 4.65. The van der Waals surface area contributed by atoms with Crippen molar-refractivity contribution < 1.29 is 17.9 Å². The van der Waals surface area contributed by atoms with Crippen LogP contribution >= 0.6 is 0 Å². The number of rotatable bonds is 8. The monoisotopic (exact) mass is 362 g/mol. The number of hydrogen-bond acceptors (Lipinski definition) is 5. The number of methoxy groups -OCH3 is 1. The molecule has 0 saturated heterocycles. The van der Waals surface area contributed by atoms with Gasteiger partial charge in [0.1, 0.15) is 11.5 Å². The van der Waals surface area contributed by atoms with Gasteiger partial charge in [0.25, 0.3) is 10.0 Å². The van der Waals surface area contributed by atoms with E-state index in [0.29, 0.717) is 24.5 Å². The Morgan fingerprint density at radius 1 is 1.04 bits per heavy atom. The highest BCUT2D eigenvalue weighted by Crippen LogP contribution is 2.16. The Bertz CT molecular complexity index is 813. The molecule has 2 aromatic rings. The van der Waals surface area contributed by atoms with Crippen LogP contribution in [0.15, 0.2) is 58.5 Å². The second kappa shape index (κ2) is 8.53. The highest BCUT2D eigenvalue weighted by molar-refractivity contribution is 7.89. The van der Waals surface area contributed by atoms with Crippen LogP contribution in [0.3, 0.4) is 0 Å². The van der Waals surface area contributed by atoms with Gasteiger partial charge < -0.3 is 9.47 Å². The molecule has 0 heterocycles. The summed E-state index contributed by atoms with van der Waals surface area (Å²) in [7, 11) is -2.09. The van der Waals surface area contributed by atoms with E-state index < -0.39 is 10.0 Å². The molecule has 134 valence electrons. The summed E-state index contributed by atoms with van der Waals surface area (Å²) < 4.78 is 34.9. The normalized spacial score (nSPS) is 11.9. The van der Waals surface area contributed by atoms with E-state index >= 15 is 0 Å². The maximum Gasteiger partial charge on any atom is 0.276 e. The van der Waals surface area contributed by atoms with Crippen molar-refractivity contribution in [2.24, 2.45) is 5.10 Å². The summed E-state index contributed by atoms with van der Waals surface area (Å²) in [5.41, 5.74) is 1.67. The van der Waals surface area contributed by atoms with E-state index in [1.165, 1.54) is 12.1 Å². The average Bonchev–Trinajstić information content (AvgIpc) is 2.61. The summed E-state index contributed by atoms with van der Waals surface area (Å²) in [6.45, 7) is 4.16. The van der Waals surface area contributed by atoms with Crippen molar-refractivity contribution in [3.05, 3.63) is 54.1 Å². The lowest BCUT2D eigenvalue weighted by molar-refractivity contribution is 0.340. The molecule has 0 radical (unpaired) electrons. The maximum atomic E-state index is 12.3. The summed E-state index contributed by atoms with van der Waals surface area (Å²) in [6, 6.07) is 13.7. The summed E-state index contributed by atoms with van der Waals surface area (Å²) >= 11 is 0. The zero-order valence-electron chi connectivity index (χ0n) is 14.5. The van der Waals surface area contributed by atoms with Gasteiger partial charge in [-0.15, -0.1) is 0 Å². The Hall–Kier alpha value is -2.54. The van der Waals surface area contributed by atoms with Crippen LogP contribution in [0, 0.1) is 0 Å². The first-order valence-electron chi connectivity index (χ1n) is 7.85. The average molecular weight is 362 g/mol. The second-order valence-corrected chi connectivity index (χ2v) is 7.03. The van der Waals surface area contributed by atoms with E-state index in [-0.39, 0.29) is 4.90 Å². The molecule has 0 aliphatic rings. The number of hydrogen-bond donors (Lipinski definition) is 1. The highest BCUT2D eigenvalue weighted by Gasteiger charge is 2.13. The van der Waals surface area contributed by atoms with Crippen LogP contribution in [-0.2, 0) is 16.4 Å². The SMILES string of the molecule is CCOc1ccc(S(=O)(=O)NN=C(C)Cc2ccc(OC)cc2)cc1. The number of benzene rings is 2. The van der Waals surface area contributed by atoms with Gasteiger partial charge in [0.05, 0.1) is 18.6 Å². The van der Waals surface area contributed by atoms with Gasteiger partial charge in [-0.25, -0.2) is 4.83 Å². The van der Waals surface area contributed by atoms with E-state index in [2.05, 4.69) is 9.93 Å². The number of ether oxygens (including phenoxy) is 2. The molecule has 0 fully saturated rings. The molecule has 7 heteroatoms. The topological polar surface area (TPSA) is 77.0 Å². The molecule has 0 aliphatic heterocycles. The zero-order valence-corrected chi connectivity index (χ0v) is 15.3. The van der Waals surface area contributed by atoms with Crippen molar-refractivity contribution in [3.63, 3.8) is 0 Å². The largest absolute Gasteiger partial charge is 0.497 e. The minimum absolute atomic E-state index is 0.136. The van der Waals surface area contributed by atoms with Crippen molar-refractivity contribution in [1.29, 1.82) is 0 Å². The van der Waals surface area contributed by atoms with Crippen LogP contribution in [-0.4, -0.2) is 27.8 Å². The standard InChI is InChI=1S/C18H22N2O4S/c1-4-24-17-9-11-18(12-10-17)25(21,22)20-19-14(2)13-15-5-7-16(23-3)8-6-15/h5-12,20H,4,13H2,1-3H3. The lowest BCUT2D eigenvalue weighted by Crippen LogP contribution is -2.20. The van der Waals surface area contributed by atoms with E-state index in [1.807, 2.05) is 31.2 Å². The molecule has 25 heavy (non-hydrogen) atoms. The van der Waals surface area contributed by atoms with Gasteiger partial charge in [-0.05, 0) is 55.8 Å². The van der Waals surface area contributed by atoms with E-state index in [0.717, 1.165) is 11.3 Å². The maximum absolute atomic E-state index is 12.3. The quantitative estimate of drug-likeness (QED) is 0.578. The number of sulfonamides is 1. The molecular formula is C18H22N2O4S. The molecule has 2 rings (SSSR count). The lowest BCUT2D eigenvalue weighted by Gasteiger charge is -2.07. The minimum atomic E-state index is -3.70. The van der Waals surface area contributed by atoms with E-state index in [4.69, 9.17) is 9.47 Å². The van der Waals surface area contributed by atoms with E-state index in [1.54, 1.807) is 26.2 Å². The third-order valence-electron chi connectivity index (χ3n) is 3.42. The van der Waals surface area contributed by atoms with Crippen molar-refractivity contribution >= 4 is 15.7 Å². The summed E-state index contributed by atoms with van der Waals surface area (Å²) in [6.07, 6.45) is 0.537. The van der Waals surface area contributed by atoms with Gasteiger partial charge in [0.15, 0.2) is 0 Å². The molecule has 0 unspecified atom stereocenters. The molecule has 0 saturated carbocycles. The molecule has 0 amide bonds. The summed E-state index contributed by atoms with van der Waals surface area (Å²) in [5.74, 6) is 1.40. The molecule has 0 atom stereocenters. The van der Waals surface area contributed by atoms with E-state index in [9.17, 15) is 8.42 Å². The molecule has 0 aromatic heterocycles. The van der Waals surface area contributed by atoms with Gasteiger partial charge in [-0.2, -0.15) is 13.5 Å². The predicted molar refractivity (Wildman–Crippen MR) is 97.7 cm³/mol. The molecule has 6 nitrogen and oxygen atoms in total. The van der Waals surface area contributed by atoms with Gasteiger partial charge in [0, 0.05) is 12.1 Å². The summed E-state index contributed by atoms with van der Waals surface area (Å²) in [4.78, 5) is 2.40. The van der Waals surface area contributed by atoms with Crippen molar-refractivity contribution in [3.8, 4) is 11.5 Å². The number of nitrogens with zero attached hydrogens (tertiary/aromatic N) is 1. The fraction of sp³-hybridized carbons (Fsp3) is 0.278. The first-order valence-corrected chi connectivity index (χ1v) is 9.33. The van der Waals surface area contributed by atoms with Crippen LogP contribution in [0.2, 0.25) is 0 Å². The zero-order chi connectivity index (χ0) is 18.3. The van der Waals surface area contributed by atoms with Crippen molar-refractivity contribution in [2.75, 3.05) is 13.7 Å². The van der Waals surface area contributed by atoms with Gasteiger partial charge in [-0.3, -0.25) is 0 Å². The lowest BCUT2D eigenvalue weighted by atomic mass is 10.1. The van der Waals surface area contributed by atoms with Crippen LogP contribution in [0.1, 0.15) is 19.4 Å². The Morgan fingerprint density at radius 3 is 2.20 bits per heavy atom. The molecule has 2 aromatic carbocycles. The molecule has 0 spiro atoms. The fourth-order valence-corrected chi connectivity index (χ4v) is 3.03. The van der Waals surface area contributed by atoms with Crippen LogP contribution in [0.25, 0.3) is 0 Å². The predicted octanol–water partition coefficient (Wildman–Crippen LogP) is 2.99. The van der Waals surface area contributed by atoms with Gasteiger partial charge >= 0.3 is 0 Å². The molecule has 1 N–H and O–H groups in total. The minimum Gasteiger partial charge on any atom is -0.497 e. The Morgan fingerprint density at radius 2 is 1.64 bits per heavy atom. The molecular weight excluding hydrogens is 340 g/mol.